The highest BCUT2D eigenvalue weighted by molar-refractivity contribution is 7.99. The van der Waals surface area contributed by atoms with Gasteiger partial charge in [-0.3, -0.25) is 0 Å². The van der Waals surface area contributed by atoms with Gasteiger partial charge in [-0.1, -0.05) is 31.5 Å². The van der Waals surface area contributed by atoms with Crippen molar-refractivity contribution < 1.29 is 0 Å². The Kier molecular flexibility index (Phi) is 5.93. The molecule has 0 heterocycles. The Morgan fingerprint density at radius 3 is 2.31 bits per heavy atom. The third kappa shape index (κ3) is 5.57. The van der Waals surface area contributed by atoms with Gasteiger partial charge in [-0.15, -0.1) is 11.8 Å². The van der Waals surface area contributed by atoms with E-state index in [-0.39, 0.29) is 0 Å². The second-order valence-electron chi connectivity index (χ2n) is 4.86. The predicted octanol–water partition coefficient (Wildman–Crippen LogP) is 3.85. The summed E-state index contributed by atoms with van der Waals surface area (Å²) >= 11 is 1.86. The molecule has 0 aliphatic carbocycles. The molecule has 0 bridgehead atoms. The van der Waals surface area contributed by atoms with Crippen LogP contribution >= 0.6 is 11.8 Å². The van der Waals surface area contributed by atoms with Crippen molar-refractivity contribution in [3.63, 3.8) is 0 Å². The fourth-order valence-electron chi connectivity index (χ4n) is 1.47. The lowest BCUT2D eigenvalue weighted by Gasteiger charge is -2.12. The summed E-state index contributed by atoms with van der Waals surface area (Å²) in [7, 11) is 0. The molecule has 0 aromatic heterocycles. The zero-order valence-corrected chi connectivity index (χ0v) is 11.4. The molecule has 1 unspecified atom stereocenters. The Balaban J connectivity index is 2.26. The summed E-state index contributed by atoms with van der Waals surface area (Å²) in [6.45, 7) is 6.61. The fraction of sp³-hybridized carbons (Fsp3) is 0.571. The van der Waals surface area contributed by atoms with Gasteiger partial charge < -0.3 is 5.73 Å². The van der Waals surface area contributed by atoms with Gasteiger partial charge in [-0.05, 0) is 37.8 Å². The summed E-state index contributed by atoms with van der Waals surface area (Å²) in [6.07, 6.45) is 2.37. The van der Waals surface area contributed by atoms with Gasteiger partial charge in [0.2, 0.25) is 0 Å². The lowest BCUT2D eigenvalue weighted by molar-refractivity contribution is 0.517. The Labute approximate surface area is 104 Å². The van der Waals surface area contributed by atoms with Crippen LogP contribution in [-0.2, 0) is 0 Å². The van der Waals surface area contributed by atoms with Gasteiger partial charge in [0.25, 0.3) is 0 Å². The Bertz CT molecular complexity index is 292. The van der Waals surface area contributed by atoms with Crippen LogP contribution in [-0.4, -0.2) is 11.8 Å². The number of aryl methyl sites for hydroxylation is 1. The Hall–Kier alpha value is -0.470. The van der Waals surface area contributed by atoms with Crippen LogP contribution in [0.4, 0.5) is 0 Å². The minimum absolute atomic E-state index is 0.328. The summed E-state index contributed by atoms with van der Waals surface area (Å²) in [6, 6.07) is 8.99. The van der Waals surface area contributed by atoms with Crippen LogP contribution in [0.2, 0.25) is 0 Å². The van der Waals surface area contributed by atoms with Gasteiger partial charge >= 0.3 is 0 Å². The number of rotatable bonds is 6. The molecule has 2 heteroatoms. The van der Waals surface area contributed by atoms with Gasteiger partial charge in [-0.25, -0.2) is 0 Å². The molecule has 0 fully saturated rings. The zero-order chi connectivity index (χ0) is 12.0. The van der Waals surface area contributed by atoms with E-state index in [0.717, 1.165) is 18.1 Å². The molecule has 1 aromatic rings. The van der Waals surface area contributed by atoms with Gasteiger partial charge in [0, 0.05) is 16.7 Å². The summed E-state index contributed by atoms with van der Waals surface area (Å²) in [5.74, 6) is 1.78. The maximum absolute atomic E-state index is 6.08. The van der Waals surface area contributed by atoms with E-state index in [4.69, 9.17) is 5.73 Å². The average Bonchev–Trinajstić information content (AvgIpc) is 2.25. The zero-order valence-electron chi connectivity index (χ0n) is 10.6. The van der Waals surface area contributed by atoms with Crippen molar-refractivity contribution in [1.82, 2.24) is 0 Å². The quantitative estimate of drug-likeness (QED) is 0.761. The Morgan fingerprint density at radius 2 is 1.75 bits per heavy atom. The van der Waals surface area contributed by atoms with E-state index in [2.05, 4.69) is 45.0 Å². The van der Waals surface area contributed by atoms with Crippen LogP contribution in [0.1, 0.15) is 32.3 Å². The highest BCUT2D eigenvalue weighted by atomic mass is 32.2. The SMILES string of the molecule is Cc1ccc(SCC(N)CCC(C)C)cc1. The van der Waals surface area contributed by atoms with E-state index in [0.29, 0.717) is 6.04 Å². The molecular weight excluding hydrogens is 214 g/mol. The summed E-state index contributed by atoms with van der Waals surface area (Å²) in [4.78, 5) is 1.32. The number of benzene rings is 1. The molecule has 90 valence electrons. The van der Waals surface area contributed by atoms with E-state index in [1.54, 1.807) is 0 Å². The van der Waals surface area contributed by atoms with Crippen LogP contribution in [0.3, 0.4) is 0 Å². The minimum Gasteiger partial charge on any atom is -0.327 e. The van der Waals surface area contributed by atoms with Crippen LogP contribution in [0.5, 0.6) is 0 Å². The van der Waals surface area contributed by atoms with Crippen molar-refractivity contribution in [3.8, 4) is 0 Å². The smallest absolute Gasteiger partial charge is 0.0134 e. The van der Waals surface area contributed by atoms with E-state index < -0.39 is 0 Å². The molecule has 1 rings (SSSR count). The number of nitrogens with two attached hydrogens (primary N) is 1. The van der Waals surface area contributed by atoms with E-state index in [1.807, 2.05) is 11.8 Å². The normalized spacial score (nSPS) is 13.1. The van der Waals surface area contributed by atoms with E-state index >= 15 is 0 Å². The third-order valence-corrected chi connectivity index (χ3v) is 3.80. The minimum atomic E-state index is 0.328. The molecule has 16 heavy (non-hydrogen) atoms. The van der Waals surface area contributed by atoms with Gasteiger partial charge in [0.15, 0.2) is 0 Å². The second kappa shape index (κ2) is 6.97. The molecule has 0 aliphatic rings. The first-order chi connectivity index (χ1) is 7.58. The summed E-state index contributed by atoms with van der Waals surface area (Å²) in [5.41, 5.74) is 7.39. The van der Waals surface area contributed by atoms with Crippen molar-refractivity contribution in [2.24, 2.45) is 11.7 Å². The topological polar surface area (TPSA) is 26.0 Å². The van der Waals surface area contributed by atoms with Crippen LogP contribution in [0, 0.1) is 12.8 Å². The molecular formula is C14H23NS. The second-order valence-corrected chi connectivity index (χ2v) is 5.95. The maximum Gasteiger partial charge on any atom is 0.0134 e. The number of hydrogen-bond acceptors (Lipinski definition) is 2. The van der Waals surface area contributed by atoms with Crippen LogP contribution in [0.15, 0.2) is 29.2 Å². The first kappa shape index (κ1) is 13.6. The fourth-order valence-corrected chi connectivity index (χ4v) is 2.37. The monoisotopic (exact) mass is 237 g/mol. The number of hydrogen-bond donors (Lipinski definition) is 1. The first-order valence-corrected chi connectivity index (χ1v) is 7.01. The molecule has 0 saturated carbocycles. The Morgan fingerprint density at radius 1 is 1.12 bits per heavy atom. The van der Waals surface area contributed by atoms with E-state index in [9.17, 15) is 0 Å². The average molecular weight is 237 g/mol. The summed E-state index contributed by atoms with van der Waals surface area (Å²) in [5, 5.41) is 0. The largest absolute Gasteiger partial charge is 0.327 e. The maximum atomic E-state index is 6.08. The van der Waals surface area contributed by atoms with Crippen molar-refractivity contribution in [1.29, 1.82) is 0 Å². The molecule has 0 saturated heterocycles. The van der Waals surface area contributed by atoms with Crippen LogP contribution in [0.25, 0.3) is 0 Å². The lowest BCUT2D eigenvalue weighted by atomic mass is 10.1. The summed E-state index contributed by atoms with van der Waals surface area (Å²) < 4.78 is 0. The molecule has 2 N–H and O–H groups in total. The molecule has 1 atom stereocenters. The van der Waals surface area contributed by atoms with Crippen molar-refractivity contribution in [2.45, 2.75) is 44.6 Å². The van der Waals surface area contributed by atoms with E-state index in [1.165, 1.54) is 16.9 Å². The van der Waals surface area contributed by atoms with Gasteiger partial charge in [-0.2, -0.15) is 0 Å². The molecule has 0 aliphatic heterocycles. The predicted molar refractivity (Wildman–Crippen MR) is 74.0 cm³/mol. The molecule has 1 nitrogen and oxygen atoms in total. The van der Waals surface area contributed by atoms with Gasteiger partial charge in [0.05, 0.1) is 0 Å². The third-order valence-electron chi connectivity index (χ3n) is 2.60. The molecule has 1 aromatic carbocycles. The highest BCUT2D eigenvalue weighted by Crippen LogP contribution is 2.20. The van der Waals surface area contributed by atoms with Crippen molar-refractivity contribution in [2.75, 3.05) is 5.75 Å². The molecule has 0 amide bonds. The standard InChI is InChI=1S/C14H23NS/c1-11(2)4-7-13(15)10-16-14-8-5-12(3)6-9-14/h5-6,8-9,11,13H,4,7,10,15H2,1-3H3. The van der Waals surface area contributed by atoms with Crippen LogP contribution < -0.4 is 5.73 Å². The molecule has 0 spiro atoms. The highest BCUT2D eigenvalue weighted by Gasteiger charge is 2.05. The van der Waals surface area contributed by atoms with Crippen molar-refractivity contribution >= 4 is 11.8 Å². The van der Waals surface area contributed by atoms with Crippen molar-refractivity contribution in [3.05, 3.63) is 29.8 Å². The lowest BCUT2D eigenvalue weighted by Crippen LogP contribution is -2.23. The first-order valence-electron chi connectivity index (χ1n) is 6.03. The molecule has 0 radical (unpaired) electrons. The number of thioether (sulfide) groups is 1. The van der Waals surface area contributed by atoms with Gasteiger partial charge in [0.1, 0.15) is 0 Å².